The number of hydrogen-bond donors (Lipinski definition) is 1. The Bertz CT molecular complexity index is 849. The number of benzene rings is 2. The van der Waals surface area contributed by atoms with Crippen molar-refractivity contribution < 1.29 is 0 Å². The monoisotopic (exact) mass is 361 g/mol. The zero-order valence-corrected chi connectivity index (χ0v) is 16.5. The summed E-state index contributed by atoms with van der Waals surface area (Å²) in [6.45, 7) is 5.79. The summed E-state index contributed by atoms with van der Waals surface area (Å²) in [5.41, 5.74) is 5.50. The fourth-order valence-corrected chi connectivity index (χ4v) is 4.36. The Morgan fingerprint density at radius 3 is 2.74 bits per heavy atom. The molecule has 1 unspecified atom stereocenters. The van der Waals surface area contributed by atoms with Crippen LogP contribution in [0.15, 0.2) is 48.7 Å². The molecule has 1 saturated heterocycles. The van der Waals surface area contributed by atoms with Gasteiger partial charge in [0.2, 0.25) is 0 Å². The van der Waals surface area contributed by atoms with Gasteiger partial charge < -0.3 is 0 Å². The van der Waals surface area contributed by atoms with Gasteiger partial charge in [-0.2, -0.15) is 5.10 Å². The molecule has 1 N–H and O–H groups in total. The predicted molar refractivity (Wildman–Crippen MR) is 113 cm³/mol. The van der Waals surface area contributed by atoms with Crippen LogP contribution >= 0.6 is 0 Å². The molecule has 0 aliphatic carbocycles. The molecule has 1 fully saturated rings. The first-order valence-corrected chi connectivity index (χ1v) is 10.5. The van der Waals surface area contributed by atoms with Crippen LogP contribution in [0.25, 0.3) is 10.9 Å². The van der Waals surface area contributed by atoms with E-state index in [4.69, 9.17) is 0 Å². The van der Waals surface area contributed by atoms with Crippen molar-refractivity contribution in [3.63, 3.8) is 0 Å². The Balaban J connectivity index is 1.33. The van der Waals surface area contributed by atoms with Gasteiger partial charge in [0.25, 0.3) is 0 Å². The second kappa shape index (κ2) is 8.71. The number of H-pyrrole nitrogens is 1. The van der Waals surface area contributed by atoms with E-state index in [9.17, 15) is 0 Å². The number of nitrogens with one attached hydrogen (secondary N) is 1. The largest absolute Gasteiger partial charge is 0.299 e. The van der Waals surface area contributed by atoms with Crippen molar-refractivity contribution in [1.82, 2.24) is 15.1 Å². The molecule has 4 rings (SSSR count). The third-order valence-corrected chi connectivity index (χ3v) is 5.88. The first-order chi connectivity index (χ1) is 13.3. The summed E-state index contributed by atoms with van der Waals surface area (Å²) < 4.78 is 0. The van der Waals surface area contributed by atoms with E-state index in [1.54, 1.807) is 0 Å². The van der Waals surface area contributed by atoms with Gasteiger partial charge in [-0.15, -0.1) is 0 Å². The minimum Gasteiger partial charge on any atom is -0.299 e. The van der Waals surface area contributed by atoms with Crippen molar-refractivity contribution in [1.29, 1.82) is 0 Å². The zero-order chi connectivity index (χ0) is 18.5. The molecule has 0 saturated carbocycles. The van der Waals surface area contributed by atoms with Crippen molar-refractivity contribution in [2.24, 2.45) is 5.92 Å². The van der Waals surface area contributed by atoms with Gasteiger partial charge in [-0.3, -0.25) is 10.00 Å². The molecule has 3 nitrogen and oxygen atoms in total. The van der Waals surface area contributed by atoms with E-state index in [-0.39, 0.29) is 0 Å². The standard InChI is InChI=1S/C24H31N3/c1-2-3-5-19-7-9-20(10-8-19)17-27-13-4-6-22(18-27)14-21-11-12-24-23(15-21)16-25-26-24/h7-12,15-16,22H,2-6,13-14,17-18H2,1H3,(H,25,26). The Hall–Kier alpha value is -2.13. The molecule has 0 spiro atoms. The Morgan fingerprint density at radius 1 is 1.07 bits per heavy atom. The SMILES string of the molecule is CCCCc1ccc(CN2CCCC(Cc3ccc4[nH]ncc4c3)C2)cc1. The number of likely N-dealkylation sites (tertiary alicyclic amines) is 1. The highest BCUT2D eigenvalue weighted by atomic mass is 15.1. The minimum absolute atomic E-state index is 0.756. The smallest absolute Gasteiger partial charge is 0.0650 e. The molecule has 0 bridgehead atoms. The second-order valence-electron chi connectivity index (χ2n) is 8.16. The molecular weight excluding hydrogens is 330 g/mol. The normalized spacial score (nSPS) is 18.2. The van der Waals surface area contributed by atoms with E-state index in [2.05, 4.69) is 64.5 Å². The lowest BCUT2D eigenvalue weighted by molar-refractivity contribution is 0.167. The molecule has 2 aromatic carbocycles. The summed E-state index contributed by atoms with van der Waals surface area (Å²) in [7, 11) is 0. The molecule has 3 aromatic rings. The topological polar surface area (TPSA) is 31.9 Å². The van der Waals surface area contributed by atoms with Crippen molar-refractivity contribution in [2.75, 3.05) is 13.1 Å². The van der Waals surface area contributed by atoms with E-state index < -0.39 is 0 Å². The molecular formula is C24H31N3. The lowest BCUT2D eigenvalue weighted by Crippen LogP contribution is -2.35. The van der Waals surface area contributed by atoms with Crippen LogP contribution < -0.4 is 0 Å². The molecule has 0 amide bonds. The highest BCUT2D eigenvalue weighted by Gasteiger charge is 2.20. The van der Waals surface area contributed by atoms with E-state index in [0.29, 0.717) is 0 Å². The summed E-state index contributed by atoms with van der Waals surface area (Å²) in [6.07, 6.45) is 9.53. The van der Waals surface area contributed by atoms with Gasteiger partial charge in [-0.05, 0) is 73.4 Å². The Kier molecular flexibility index (Phi) is 5.88. The van der Waals surface area contributed by atoms with Gasteiger partial charge in [0.05, 0.1) is 11.7 Å². The van der Waals surface area contributed by atoms with Gasteiger partial charge in [0.1, 0.15) is 0 Å². The summed E-state index contributed by atoms with van der Waals surface area (Å²) in [5, 5.41) is 8.40. The molecule has 3 heteroatoms. The molecule has 1 aliphatic rings. The second-order valence-corrected chi connectivity index (χ2v) is 8.16. The summed E-state index contributed by atoms with van der Waals surface area (Å²) in [4.78, 5) is 2.64. The molecule has 1 atom stereocenters. The van der Waals surface area contributed by atoms with Crippen molar-refractivity contribution in [2.45, 2.75) is 52.0 Å². The number of hydrogen-bond acceptors (Lipinski definition) is 2. The first-order valence-electron chi connectivity index (χ1n) is 10.5. The molecule has 0 radical (unpaired) electrons. The minimum atomic E-state index is 0.756. The van der Waals surface area contributed by atoms with Crippen LogP contribution in [0.2, 0.25) is 0 Å². The van der Waals surface area contributed by atoms with Crippen molar-refractivity contribution in [3.05, 3.63) is 65.4 Å². The Labute approximate surface area is 162 Å². The van der Waals surface area contributed by atoms with E-state index >= 15 is 0 Å². The van der Waals surface area contributed by atoms with Gasteiger partial charge in [-0.1, -0.05) is 43.7 Å². The summed E-state index contributed by atoms with van der Waals surface area (Å²) in [6, 6.07) is 16.0. The molecule has 1 aliphatic heterocycles. The van der Waals surface area contributed by atoms with Gasteiger partial charge in [0.15, 0.2) is 0 Å². The number of aromatic amines is 1. The predicted octanol–water partition coefficient (Wildman–Crippen LogP) is 5.36. The number of unbranched alkanes of at least 4 members (excludes halogenated alkanes) is 1. The first kappa shape index (κ1) is 18.2. The van der Waals surface area contributed by atoms with Crippen LogP contribution in [0.4, 0.5) is 0 Å². The van der Waals surface area contributed by atoms with Crippen molar-refractivity contribution in [3.8, 4) is 0 Å². The van der Waals surface area contributed by atoms with Gasteiger partial charge in [-0.25, -0.2) is 0 Å². The van der Waals surface area contributed by atoms with Crippen LogP contribution in [0.5, 0.6) is 0 Å². The fraction of sp³-hybridized carbons (Fsp3) is 0.458. The highest BCUT2D eigenvalue weighted by Crippen LogP contribution is 2.24. The highest BCUT2D eigenvalue weighted by molar-refractivity contribution is 5.78. The number of fused-ring (bicyclic) bond motifs is 1. The maximum Gasteiger partial charge on any atom is 0.0650 e. The van der Waals surface area contributed by atoms with Crippen molar-refractivity contribution >= 4 is 10.9 Å². The number of nitrogens with zero attached hydrogens (tertiary/aromatic N) is 2. The number of piperidine rings is 1. The number of rotatable bonds is 7. The number of aryl methyl sites for hydroxylation is 1. The average molecular weight is 362 g/mol. The van der Waals surface area contributed by atoms with E-state index in [1.165, 1.54) is 73.7 Å². The maximum atomic E-state index is 4.14. The summed E-state index contributed by atoms with van der Waals surface area (Å²) >= 11 is 0. The Morgan fingerprint density at radius 2 is 1.89 bits per heavy atom. The molecule has 1 aromatic heterocycles. The average Bonchev–Trinajstić information content (AvgIpc) is 3.16. The van der Waals surface area contributed by atoms with Crippen LogP contribution in [-0.2, 0) is 19.4 Å². The molecule has 27 heavy (non-hydrogen) atoms. The lowest BCUT2D eigenvalue weighted by Gasteiger charge is -2.33. The van der Waals surface area contributed by atoms with Crippen LogP contribution in [0.3, 0.4) is 0 Å². The van der Waals surface area contributed by atoms with E-state index in [0.717, 1.165) is 18.0 Å². The van der Waals surface area contributed by atoms with E-state index in [1.807, 2.05) is 6.20 Å². The third-order valence-electron chi connectivity index (χ3n) is 5.88. The van der Waals surface area contributed by atoms with Crippen LogP contribution in [0, 0.1) is 5.92 Å². The quantitative estimate of drug-likeness (QED) is 0.614. The lowest BCUT2D eigenvalue weighted by atomic mass is 9.90. The number of aromatic nitrogens is 2. The van der Waals surface area contributed by atoms with Gasteiger partial charge in [0, 0.05) is 18.5 Å². The third kappa shape index (κ3) is 4.78. The zero-order valence-electron chi connectivity index (χ0n) is 16.5. The van der Waals surface area contributed by atoms with Crippen LogP contribution in [0.1, 0.15) is 49.3 Å². The molecule has 142 valence electrons. The maximum absolute atomic E-state index is 4.14. The fourth-order valence-electron chi connectivity index (χ4n) is 4.36. The van der Waals surface area contributed by atoms with Gasteiger partial charge >= 0.3 is 0 Å². The van der Waals surface area contributed by atoms with Crippen LogP contribution in [-0.4, -0.2) is 28.2 Å². The molecule has 2 heterocycles. The summed E-state index contributed by atoms with van der Waals surface area (Å²) in [5.74, 6) is 0.756.